The van der Waals surface area contributed by atoms with E-state index in [4.69, 9.17) is 16.3 Å². The first kappa shape index (κ1) is 22.6. The highest BCUT2D eigenvalue weighted by Gasteiger charge is 2.40. The van der Waals surface area contributed by atoms with Gasteiger partial charge in [0.2, 0.25) is 0 Å². The van der Waals surface area contributed by atoms with Crippen LogP contribution in [0, 0.1) is 6.92 Å². The second-order valence-electron chi connectivity index (χ2n) is 8.25. The number of benzene rings is 3. The number of imide groups is 1. The minimum atomic E-state index is -0.405. The molecule has 0 bridgehead atoms. The van der Waals surface area contributed by atoms with E-state index in [0.29, 0.717) is 39.2 Å². The first-order valence-electron chi connectivity index (χ1n) is 10.7. The maximum absolute atomic E-state index is 13.6. The molecule has 0 fully saturated rings. The van der Waals surface area contributed by atoms with Crippen LogP contribution in [0.4, 0.5) is 11.4 Å². The summed E-state index contributed by atoms with van der Waals surface area (Å²) in [4.78, 5) is 28.4. The van der Waals surface area contributed by atoms with Gasteiger partial charge in [0.15, 0.2) is 0 Å². The molecule has 168 valence electrons. The van der Waals surface area contributed by atoms with E-state index in [1.165, 1.54) is 4.90 Å². The van der Waals surface area contributed by atoms with Gasteiger partial charge in [0.05, 0.1) is 18.4 Å². The van der Waals surface area contributed by atoms with Crippen LogP contribution in [0.2, 0.25) is 5.02 Å². The Labute approximate surface area is 198 Å². The van der Waals surface area contributed by atoms with Crippen LogP contribution in [0.5, 0.6) is 5.75 Å². The Morgan fingerprint density at radius 3 is 2.15 bits per heavy atom. The van der Waals surface area contributed by atoms with Gasteiger partial charge in [0.25, 0.3) is 11.8 Å². The van der Waals surface area contributed by atoms with E-state index in [1.807, 2.05) is 31.2 Å². The van der Waals surface area contributed by atoms with Crippen molar-refractivity contribution in [2.24, 2.45) is 0 Å². The lowest BCUT2D eigenvalue weighted by molar-refractivity contribution is -0.120. The Bertz CT molecular complexity index is 1250. The number of rotatable bonds is 6. The molecule has 0 spiro atoms. The van der Waals surface area contributed by atoms with Crippen molar-refractivity contribution in [1.29, 1.82) is 0 Å². The number of aryl methyl sites for hydroxylation is 1. The molecule has 5 nitrogen and oxygen atoms in total. The SMILES string of the molecule is COc1ccc(C2=C(Nc3ccc(Cl)cc3C)C(=O)N(c3ccc(C(C)C)cc3)C2=O)cc1. The van der Waals surface area contributed by atoms with Gasteiger partial charge in [-0.25, -0.2) is 4.90 Å². The number of carbonyl (C=O) groups is 2. The van der Waals surface area contributed by atoms with Gasteiger partial charge in [-0.15, -0.1) is 0 Å². The second kappa shape index (κ2) is 9.12. The van der Waals surface area contributed by atoms with Crippen LogP contribution in [0.25, 0.3) is 5.57 Å². The van der Waals surface area contributed by atoms with Crippen molar-refractivity contribution in [2.45, 2.75) is 26.7 Å². The van der Waals surface area contributed by atoms with Crippen molar-refractivity contribution >= 4 is 40.4 Å². The molecule has 1 aliphatic rings. The van der Waals surface area contributed by atoms with Crippen LogP contribution >= 0.6 is 11.6 Å². The fourth-order valence-corrected chi connectivity index (χ4v) is 4.04. The quantitative estimate of drug-likeness (QED) is 0.446. The average Bonchev–Trinajstić information content (AvgIpc) is 3.05. The van der Waals surface area contributed by atoms with Crippen molar-refractivity contribution in [2.75, 3.05) is 17.3 Å². The molecule has 2 amide bonds. The Morgan fingerprint density at radius 2 is 1.58 bits per heavy atom. The van der Waals surface area contributed by atoms with Crippen molar-refractivity contribution < 1.29 is 14.3 Å². The molecule has 33 heavy (non-hydrogen) atoms. The fraction of sp³-hybridized carbons (Fsp3) is 0.185. The van der Waals surface area contributed by atoms with E-state index >= 15 is 0 Å². The number of methoxy groups -OCH3 is 1. The third-order valence-corrected chi connectivity index (χ3v) is 5.96. The summed E-state index contributed by atoms with van der Waals surface area (Å²) in [7, 11) is 1.58. The molecule has 0 atom stereocenters. The zero-order valence-electron chi connectivity index (χ0n) is 19.0. The van der Waals surface area contributed by atoms with Gasteiger partial charge < -0.3 is 10.1 Å². The number of carbonyl (C=O) groups excluding carboxylic acids is 2. The lowest BCUT2D eigenvalue weighted by atomic mass is 10.0. The largest absolute Gasteiger partial charge is 0.497 e. The number of nitrogens with zero attached hydrogens (tertiary/aromatic N) is 1. The van der Waals surface area contributed by atoms with E-state index in [2.05, 4.69) is 19.2 Å². The number of nitrogens with one attached hydrogen (secondary N) is 1. The minimum absolute atomic E-state index is 0.225. The molecule has 3 aromatic rings. The predicted molar refractivity (Wildman–Crippen MR) is 133 cm³/mol. The first-order chi connectivity index (χ1) is 15.8. The van der Waals surface area contributed by atoms with E-state index in [1.54, 1.807) is 49.6 Å². The molecule has 0 aromatic heterocycles. The van der Waals surface area contributed by atoms with Crippen molar-refractivity contribution in [3.8, 4) is 5.75 Å². The van der Waals surface area contributed by atoms with Crippen molar-refractivity contribution in [1.82, 2.24) is 0 Å². The van der Waals surface area contributed by atoms with Crippen LogP contribution in [-0.4, -0.2) is 18.9 Å². The highest BCUT2D eigenvalue weighted by molar-refractivity contribution is 6.46. The van der Waals surface area contributed by atoms with Crippen molar-refractivity contribution in [3.63, 3.8) is 0 Å². The third kappa shape index (κ3) is 4.37. The molecule has 0 unspecified atom stereocenters. The maximum Gasteiger partial charge on any atom is 0.282 e. The standard InChI is InChI=1S/C27H25ClN2O3/c1-16(2)18-5-10-21(11-6-18)30-26(31)24(19-7-12-22(33-4)13-8-19)25(27(30)32)29-23-14-9-20(28)15-17(23)3/h5-16,29H,1-4H3. The van der Waals surface area contributed by atoms with Crippen molar-refractivity contribution in [3.05, 3.63) is 94.1 Å². The van der Waals surface area contributed by atoms with Crippen LogP contribution in [-0.2, 0) is 9.59 Å². The monoisotopic (exact) mass is 460 g/mol. The molecular formula is C27H25ClN2O3. The first-order valence-corrected chi connectivity index (χ1v) is 11.1. The summed E-state index contributed by atoms with van der Waals surface area (Å²) >= 11 is 6.10. The highest BCUT2D eigenvalue weighted by atomic mass is 35.5. The van der Waals surface area contributed by atoms with Gasteiger partial charge in [-0.3, -0.25) is 9.59 Å². The Balaban J connectivity index is 1.79. The van der Waals surface area contributed by atoms with E-state index < -0.39 is 5.91 Å². The number of hydrogen-bond donors (Lipinski definition) is 1. The smallest absolute Gasteiger partial charge is 0.282 e. The normalized spacial score (nSPS) is 13.8. The molecule has 1 aliphatic heterocycles. The summed E-state index contributed by atoms with van der Waals surface area (Å²) in [5.74, 6) is 0.233. The van der Waals surface area contributed by atoms with Gasteiger partial charge >= 0.3 is 0 Å². The number of anilines is 2. The topological polar surface area (TPSA) is 58.6 Å². The predicted octanol–water partition coefficient (Wildman–Crippen LogP) is 6.18. The summed E-state index contributed by atoms with van der Waals surface area (Å²) in [5, 5.41) is 3.80. The minimum Gasteiger partial charge on any atom is -0.497 e. The number of amides is 2. The molecule has 1 heterocycles. The fourth-order valence-electron chi connectivity index (χ4n) is 3.82. The molecule has 0 saturated carbocycles. The average molecular weight is 461 g/mol. The Kier molecular flexibility index (Phi) is 6.25. The maximum atomic E-state index is 13.6. The van der Waals surface area contributed by atoms with Gasteiger partial charge in [-0.2, -0.15) is 0 Å². The number of hydrogen-bond acceptors (Lipinski definition) is 4. The molecule has 0 radical (unpaired) electrons. The molecule has 6 heteroatoms. The number of halogens is 1. The summed E-state index contributed by atoms with van der Waals surface area (Å²) in [6, 6.07) is 20.0. The molecular weight excluding hydrogens is 436 g/mol. The summed E-state index contributed by atoms with van der Waals surface area (Å²) < 4.78 is 5.24. The third-order valence-electron chi connectivity index (χ3n) is 5.73. The summed E-state index contributed by atoms with van der Waals surface area (Å²) in [6.45, 7) is 6.09. The zero-order chi connectivity index (χ0) is 23.7. The van der Waals surface area contributed by atoms with Gasteiger partial charge in [-0.05, 0) is 72.0 Å². The molecule has 3 aromatic carbocycles. The Hall–Kier alpha value is -3.57. The van der Waals surface area contributed by atoms with E-state index in [-0.39, 0.29) is 11.6 Å². The van der Waals surface area contributed by atoms with Crippen LogP contribution in [0.3, 0.4) is 0 Å². The number of ether oxygens (including phenoxy) is 1. The van der Waals surface area contributed by atoms with E-state index in [9.17, 15) is 9.59 Å². The van der Waals surface area contributed by atoms with E-state index in [0.717, 1.165) is 11.1 Å². The lowest BCUT2D eigenvalue weighted by Crippen LogP contribution is -2.32. The zero-order valence-corrected chi connectivity index (χ0v) is 19.7. The molecule has 0 saturated heterocycles. The van der Waals surface area contributed by atoms with Gasteiger partial charge in [0.1, 0.15) is 11.4 Å². The Morgan fingerprint density at radius 1 is 0.909 bits per heavy atom. The van der Waals surface area contributed by atoms with Crippen LogP contribution < -0.4 is 15.0 Å². The van der Waals surface area contributed by atoms with Gasteiger partial charge in [-0.1, -0.05) is 49.7 Å². The summed E-state index contributed by atoms with van der Waals surface area (Å²) in [5.41, 5.74) is 4.40. The van der Waals surface area contributed by atoms with Crippen LogP contribution in [0.1, 0.15) is 36.5 Å². The van der Waals surface area contributed by atoms with Gasteiger partial charge in [0, 0.05) is 10.7 Å². The lowest BCUT2D eigenvalue weighted by Gasteiger charge is -2.17. The summed E-state index contributed by atoms with van der Waals surface area (Å²) in [6.07, 6.45) is 0. The second-order valence-corrected chi connectivity index (χ2v) is 8.69. The van der Waals surface area contributed by atoms with Crippen LogP contribution in [0.15, 0.2) is 72.4 Å². The molecule has 0 aliphatic carbocycles. The molecule has 4 rings (SSSR count). The highest BCUT2D eigenvalue weighted by Crippen LogP contribution is 2.35. The molecule has 1 N–H and O–H groups in total.